The van der Waals surface area contributed by atoms with E-state index in [-0.39, 0.29) is 24.2 Å². The molecule has 33 heavy (non-hydrogen) atoms. The summed E-state index contributed by atoms with van der Waals surface area (Å²) in [7, 11) is 0. The zero-order valence-corrected chi connectivity index (χ0v) is 19.8. The Balaban J connectivity index is 1.59. The van der Waals surface area contributed by atoms with Crippen LogP contribution in [0.25, 0.3) is 16.6 Å². The van der Waals surface area contributed by atoms with Gasteiger partial charge in [-0.15, -0.1) is 11.8 Å². The highest BCUT2D eigenvalue weighted by Gasteiger charge is 2.60. The molecular weight excluding hydrogens is 445 g/mol. The largest absolute Gasteiger partial charge is 0.417 e. The average molecular weight is 475 g/mol. The molecule has 0 bridgehead atoms. The number of halogens is 3. The highest BCUT2D eigenvalue weighted by atomic mass is 32.2. The number of thioether (sulfide) groups is 1. The number of rotatable bonds is 3. The van der Waals surface area contributed by atoms with Crippen molar-refractivity contribution in [3.63, 3.8) is 0 Å². The number of alkyl halides is 3. The fraction of sp³-hybridized carbons (Fsp3) is 0.500. The van der Waals surface area contributed by atoms with Gasteiger partial charge in [-0.1, -0.05) is 6.92 Å². The standard InChI is InChI=1S/C26H29F3N2OS/c1-3-24-11-12-25(32,26(27,28)29)15-19(24)6-4-5-17-14-23-18(13-22(17)24)16-30-31(23)20-7-9-21(33-2)10-8-20/h7-10,13-14,16,19,32H,3-6,11-12,15H2,1-2H3. The Bertz CT molecular complexity index is 1170. The molecule has 1 heterocycles. The molecule has 2 aliphatic rings. The van der Waals surface area contributed by atoms with Crippen molar-refractivity contribution in [1.29, 1.82) is 0 Å². The van der Waals surface area contributed by atoms with Crippen LogP contribution >= 0.6 is 11.8 Å². The topological polar surface area (TPSA) is 38.1 Å². The van der Waals surface area contributed by atoms with E-state index in [0.717, 1.165) is 35.9 Å². The predicted molar refractivity (Wildman–Crippen MR) is 126 cm³/mol. The van der Waals surface area contributed by atoms with Gasteiger partial charge in [-0.2, -0.15) is 18.3 Å². The summed E-state index contributed by atoms with van der Waals surface area (Å²) < 4.78 is 43.0. The van der Waals surface area contributed by atoms with Gasteiger partial charge in [0, 0.05) is 10.3 Å². The van der Waals surface area contributed by atoms with Crippen LogP contribution in [0.4, 0.5) is 13.2 Å². The van der Waals surface area contributed by atoms with E-state index in [1.165, 1.54) is 16.0 Å². The highest BCUT2D eigenvalue weighted by molar-refractivity contribution is 7.98. The summed E-state index contributed by atoms with van der Waals surface area (Å²) >= 11 is 1.70. The minimum atomic E-state index is -4.58. The lowest BCUT2D eigenvalue weighted by Gasteiger charge is -2.50. The zero-order chi connectivity index (χ0) is 23.4. The second-order valence-corrected chi connectivity index (χ2v) is 10.5. The quantitative estimate of drug-likeness (QED) is 0.423. The van der Waals surface area contributed by atoms with Crippen LogP contribution in [0, 0.1) is 5.92 Å². The van der Waals surface area contributed by atoms with E-state index < -0.39 is 11.8 Å². The molecule has 3 nitrogen and oxygen atoms in total. The van der Waals surface area contributed by atoms with Crippen LogP contribution in [0.15, 0.2) is 47.5 Å². The molecule has 0 amide bonds. The number of aryl methyl sites for hydroxylation is 1. The third-order valence-corrected chi connectivity index (χ3v) is 8.90. The summed E-state index contributed by atoms with van der Waals surface area (Å²) in [5, 5.41) is 16.1. The zero-order valence-electron chi connectivity index (χ0n) is 19.0. The molecule has 3 unspecified atom stereocenters. The Morgan fingerprint density at radius 3 is 2.61 bits per heavy atom. The fourth-order valence-corrected chi connectivity index (χ4v) is 6.65. The van der Waals surface area contributed by atoms with E-state index in [9.17, 15) is 18.3 Å². The minimum absolute atomic E-state index is 0.185. The molecule has 0 spiro atoms. The smallest absolute Gasteiger partial charge is 0.380 e. The van der Waals surface area contributed by atoms with Crippen molar-refractivity contribution in [1.82, 2.24) is 9.78 Å². The van der Waals surface area contributed by atoms with Crippen molar-refractivity contribution in [2.24, 2.45) is 5.92 Å². The number of benzene rings is 2. The van der Waals surface area contributed by atoms with E-state index in [1.54, 1.807) is 11.8 Å². The lowest BCUT2D eigenvalue weighted by atomic mass is 9.56. The van der Waals surface area contributed by atoms with Gasteiger partial charge in [0.15, 0.2) is 5.60 Å². The van der Waals surface area contributed by atoms with Gasteiger partial charge in [-0.05, 0) is 110 Å². The normalized spacial score (nSPS) is 27.8. The third kappa shape index (κ3) is 3.59. The van der Waals surface area contributed by atoms with Crippen LogP contribution < -0.4 is 0 Å². The van der Waals surface area contributed by atoms with Crippen LogP contribution in [0.3, 0.4) is 0 Å². The first kappa shape index (κ1) is 22.8. The Morgan fingerprint density at radius 1 is 1.18 bits per heavy atom. The van der Waals surface area contributed by atoms with Gasteiger partial charge in [0.05, 0.1) is 17.4 Å². The molecule has 5 rings (SSSR count). The Morgan fingerprint density at radius 2 is 1.94 bits per heavy atom. The SMILES string of the molecule is CCC12CCC(O)(C(F)(F)F)CC1CCCc1cc3c(cnn3-c3ccc(SC)cc3)cc12. The second kappa shape index (κ2) is 8.05. The van der Waals surface area contributed by atoms with E-state index >= 15 is 0 Å². The summed E-state index contributed by atoms with van der Waals surface area (Å²) in [5.41, 5.74) is 1.50. The van der Waals surface area contributed by atoms with E-state index in [4.69, 9.17) is 0 Å². The molecule has 1 N–H and O–H groups in total. The summed E-state index contributed by atoms with van der Waals surface area (Å²) in [6, 6.07) is 12.7. The maximum atomic E-state index is 13.7. The number of aliphatic hydroxyl groups is 1. The number of hydrogen-bond donors (Lipinski definition) is 1. The van der Waals surface area contributed by atoms with Crippen molar-refractivity contribution in [3.05, 3.63) is 53.7 Å². The van der Waals surface area contributed by atoms with Gasteiger partial charge in [0.1, 0.15) is 0 Å². The predicted octanol–water partition coefficient (Wildman–Crippen LogP) is 6.83. The Labute approximate surface area is 196 Å². The molecule has 1 saturated carbocycles. The Kier molecular flexibility index (Phi) is 5.56. The first-order chi connectivity index (χ1) is 15.7. The molecule has 1 aromatic heterocycles. The number of fused-ring (bicyclic) bond motifs is 4. The van der Waals surface area contributed by atoms with Crippen LogP contribution in [-0.2, 0) is 11.8 Å². The lowest BCUT2D eigenvalue weighted by molar-refractivity contribution is -0.279. The maximum absolute atomic E-state index is 13.7. The van der Waals surface area contributed by atoms with Crippen molar-refractivity contribution in [2.45, 2.75) is 74.0 Å². The average Bonchev–Trinajstić information content (AvgIpc) is 3.14. The fourth-order valence-electron chi connectivity index (χ4n) is 6.24. The molecule has 3 aromatic rings. The van der Waals surface area contributed by atoms with Crippen molar-refractivity contribution < 1.29 is 18.3 Å². The molecule has 0 radical (unpaired) electrons. The monoisotopic (exact) mass is 474 g/mol. The van der Waals surface area contributed by atoms with Crippen molar-refractivity contribution >= 4 is 22.7 Å². The van der Waals surface area contributed by atoms with E-state index in [0.29, 0.717) is 12.8 Å². The maximum Gasteiger partial charge on any atom is 0.417 e. The molecule has 7 heteroatoms. The summed E-state index contributed by atoms with van der Waals surface area (Å²) in [6.07, 6.45) is 2.38. The van der Waals surface area contributed by atoms with Crippen molar-refractivity contribution in [3.8, 4) is 5.69 Å². The molecule has 0 saturated heterocycles. The highest BCUT2D eigenvalue weighted by Crippen LogP contribution is 2.57. The molecule has 3 atom stereocenters. The van der Waals surface area contributed by atoms with Gasteiger partial charge in [0.25, 0.3) is 0 Å². The Hall–Kier alpha value is -1.99. The minimum Gasteiger partial charge on any atom is -0.380 e. The third-order valence-electron chi connectivity index (χ3n) is 8.15. The van der Waals surface area contributed by atoms with Crippen molar-refractivity contribution in [2.75, 3.05) is 6.26 Å². The van der Waals surface area contributed by atoms with Crippen LogP contribution in [-0.4, -0.2) is 32.9 Å². The first-order valence-electron chi connectivity index (χ1n) is 11.7. The number of hydrogen-bond acceptors (Lipinski definition) is 3. The number of nitrogens with zero attached hydrogens (tertiary/aromatic N) is 2. The van der Waals surface area contributed by atoms with E-state index in [1.807, 2.05) is 17.1 Å². The van der Waals surface area contributed by atoms with Gasteiger partial charge in [0.2, 0.25) is 0 Å². The number of aromatic nitrogens is 2. The van der Waals surface area contributed by atoms with Crippen LogP contribution in [0.5, 0.6) is 0 Å². The summed E-state index contributed by atoms with van der Waals surface area (Å²) in [6.45, 7) is 2.08. The second-order valence-electron chi connectivity index (χ2n) is 9.65. The molecule has 1 fully saturated rings. The van der Waals surface area contributed by atoms with Gasteiger partial charge < -0.3 is 5.11 Å². The summed E-state index contributed by atoms with van der Waals surface area (Å²) in [4.78, 5) is 1.19. The molecule has 0 aliphatic heterocycles. The molecular formula is C26H29F3N2OS. The summed E-state index contributed by atoms with van der Waals surface area (Å²) in [5.74, 6) is -0.185. The lowest BCUT2D eigenvalue weighted by Crippen LogP contribution is -2.54. The molecule has 176 valence electrons. The van der Waals surface area contributed by atoms with Gasteiger partial charge in [-0.25, -0.2) is 4.68 Å². The van der Waals surface area contributed by atoms with Crippen LogP contribution in [0.1, 0.15) is 56.6 Å². The van der Waals surface area contributed by atoms with E-state index in [2.05, 4.69) is 48.4 Å². The van der Waals surface area contributed by atoms with Gasteiger partial charge in [-0.3, -0.25) is 0 Å². The first-order valence-corrected chi connectivity index (χ1v) is 12.9. The molecule has 2 aromatic carbocycles. The van der Waals surface area contributed by atoms with Crippen LogP contribution in [0.2, 0.25) is 0 Å². The van der Waals surface area contributed by atoms with Gasteiger partial charge >= 0.3 is 6.18 Å². The molecule has 2 aliphatic carbocycles.